The number of carbonyl (C=O) groups is 2. The summed E-state index contributed by atoms with van der Waals surface area (Å²) < 4.78 is 70.8. The minimum absolute atomic E-state index is 0.0643. The van der Waals surface area contributed by atoms with Gasteiger partial charge in [-0.15, -0.1) is 0 Å². The first kappa shape index (κ1) is 36.5. The number of amides is 2. The number of alkyl halides is 3. The van der Waals surface area contributed by atoms with Crippen LogP contribution >= 0.6 is 11.6 Å². The van der Waals surface area contributed by atoms with Crippen LogP contribution < -0.4 is 9.62 Å². The summed E-state index contributed by atoms with van der Waals surface area (Å²) in [5.74, 6) is -1.22. The van der Waals surface area contributed by atoms with Crippen molar-refractivity contribution in [1.29, 1.82) is 0 Å². The number of hydrogen-bond donors (Lipinski definition) is 1. The Morgan fingerprint density at radius 3 is 2.06 bits per heavy atom. The Bertz CT molecular complexity index is 1790. The van der Waals surface area contributed by atoms with Crippen molar-refractivity contribution in [3.8, 4) is 0 Å². The molecule has 0 bridgehead atoms. The maximum Gasteiger partial charge on any atom is 0.417 e. The van der Waals surface area contributed by atoms with Gasteiger partial charge in [0, 0.05) is 19.5 Å². The van der Waals surface area contributed by atoms with Crippen molar-refractivity contribution in [2.75, 3.05) is 17.4 Å². The molecule has 48 heavy (non-hydrogen) atoms. The molecule has 0 aliphatic carbocycles. The predicted octanol–water partition coefficient (Wildman–Crippen LogP) is 7.42. The molecular formula is C36H37ClF3N3O4S. The highest BCUT2D eigenvalue weighted by Gasteiger charge is 2.37. The molecule has 4 aromatic carbocycles. The Balaban J connectivity index is 1.84. The second-order valence-corrected chi connectivity index (χ2v) is 13.6. The van der Waals surface area contributed by atoms with Gasteiger partial charge in [-0.25, -0.2) is 8.42 Å². The normalized spacial score (nSPS) is 12.3. The van der Waals surface area contributed by atoms with Crippen LogP contribution in [0.1, 0.15) is 42.0 Å². The van der Waals surface area contributed by atoms with Gasteiger partial charge in [-0.3, -0.25) is 13.9 Å². The summed E-state index contributed by atoms with van der Waals surface area (Å²) >= 11 is 5.88. The molecule has 1 atom stereocenters. The molecule has 0 fully saturated rings. The lowest BCUT2D eigenvalue weighted by Crippen LogP contribution is -2.53. The molecule has 0 aliphatic heterocycles. The fourth-order valence-electron chi connectivity index (χ4n) is 5.09. The van der Waals surface area contributed by atoms with Crippen LogP contribution in [0, 0.1) is 6.92 Å². The van der Waals surface area contributed by atoms with Crippen molar-refractivity contribution >= 4 is 39.1 Å². The Morgan fingerprint density at radius 1 is 0.875 bits per heavy atom. The molecule has 0 saturated heterocycles. The van der Waals surface area contributed by atoms with E-state index in [0.29, 0.717) is 28.9 Å². The van der Waals surface area contributed by atoms with E-state index in [1.54, 1.807) is 61.5 Å². The molecule has 4 rings (SSSR count). The van der Waals surface area contributed by atoms with Crippen LogP contribution in [-0.4, -0.2) is 44.3 Å². The highest BCUT2D eigenvalue weighted by molar-refractivity contribution is 7.92. The quantitative estimate of drug-likeness (QED) is 0.139. The molecule has 1 N–H and O–H groups in total. The van der Waals surface area contributed by atoms with E-state index in [9.17, 15) is 31.2 Å². The number of unbranched alkanes of at least 4 members (excludes halogenated alkanes) is 1. The molecule has 4 aromatic rings. The van der Waals surface area contributed by atoms with Crippen LogP contribution in [0.15, 0.2) is 108 Å². The van der Waals surface area contributed by atoms with Gasteiger partial charge >= 0.3 is 6.18 Å². The lowest BCUT2D eigenvalue weighted by Gasteiger charge is -2.34. The largest absolute Gasteiger partial charge is 0.417 e. The van der Waals surface area contributed by atoms with Crippen LogP contribution in [0.25, 0.3) is 0 Å². The standard InChI is InChI=1S/C36H37ClF3N3O4S/c1-3-4-21-41-35(45)33(22-27-11-7-5-8-12-27)42(24-28-13-9-6-10-14-28)34(44)25-43(48(46,47)30-18-15-26(2)16-19-30)29-17-20-32(37)31(23-29)36(38,39)40/h5-20,23,33H,3-4,21-22,24-25H2,1-2H3,(H,41,45)/t33-/m0/s1. The first-order chi connectivity index (χ1) is 22.8. The summed E-state index contributed by atoms with van der Waals surface area (Å²) in [4.78, 5) is 29.3. The van der Waals surface area contributed by atoms with Crippen molar-refractivity contribution in [3.05, 3.63) is 130 Å². The molecule has 0 aromatic heterocycles. The summed E-state index contributed by atoms with van der Waals surface area (Å²) in [7, 11) is -4.59. The third-order valence-corrected chi connectivity index (χ3v) is 9.85. The zero-order valence-corrected chi connectivity index (χ0v) is 28.2. The number of rotatable bonds is 14. The number of nitrogens with one attached hydrogen (secondary N) is 1. The van der Waals surface area contributed by atoms with E-state index < -0.39 is 56.9 Å². The van der Waals surface area contributed by atoms with Crippen molar-refractivity contribution in [3.63, 3.8) is 0 Å². The van der Waals surface area contributed by atoms with E-state index in [4.69, 9.17) is 11.6 Å². The number of hydrogen-bond acceptors (Lipinski definition) is 4. The number of halogens is 4. The molecule has 0 spiro atoms. The number of nitrogens with zero attached hydrogens (tertiary/aromatic N) is 2. The van der Waals surface area contributed by atoms with E-state index in [2.05, 4.69) is 5.32 Å². The number of anilines is 1. The van der Waals surface area contributed by atoms with Gasteiger partial charge < -0.3 is 10.2 Å². The van der Waals surface area contributed by atoms with Gasteiger partial charge in [0.1, 0.15) is 12.6 Å². The van der Waals surface area contributed by atoms with Gasteiger partial charge in [0.05, 0.1) is 21.2 Å². The van der Waals surface area contributed by atoms with Crippen LogP contribution in [-0.2, 0) is 38.8 Å². The molecular weight excluding hydrogens is 663 g/mol. The smallest absolute Gasteiger partial charge is 0.354 e. The maximum atomic E-state index is 14.5. The first-order valence-electron chi connectivity index (χ1n) is 15.4. The number of carbonyl (C=O) groups excluding carboxylic acids is 2. The average Bonchev–Trinajstić information content (AvgIpc) is 3.06. The number of benzene rings is 4. The van der Waals surface area contributed by atoms with Gasteiger partial charge in [-0.1, -0.05) is 103 Å². The summed E-state index contributed by atoms with van der Waals surface area (Å²) in [6, 6.07) is 25.3. The van der Waals surface area contributed by atoms with Crippen molar-refractivity contribution in [2.24, 2.45) is 0 Å². The van der Waals surface area contributed by atoms with Crippen molar-refractivity contribution in [1.82, 2.24) is 10.2 Å². The minimum atomic E-state index is -4.90. The van der Waals surface area contributed by atoms with Gasteiger partial charge in [-0.05, 0) is 54.8 Å². The van der Waals surface area contributed by atoms with E-state index in [1.165, 1.54) is 17.0 Å². The lowest BCUT2D eigenvalue weighted by atomic mass is 10.0. The Labute approximate surface area is 284 Å². The maximum absolute atomic E-state index is 14.5. The van der Waals surface area contributed by atoms with Crippen molar-refractivity contribution in [2.45, 2.75) is 56.8 Å². The van der Waals surface area contributed by atoms with E-state index >= 15 is 0 Å². The Hall–Kier alpha value is -4.35. The molecule has 254 valence electrons. The minimum Gasteiger partial charge on any atom is -0.354 e. The monoisotopic (exact) mass is 699 g/mol. The van der Waals surface area contributed by atoms with E-state index in [0.717, 1.165) is 29.7 Å². The van der Waals surface area contributed by atoms with Crippen LogP contribution in [0.4, 0.5) is 18.9 Å². The third-order valence-electron chi connectivity index (χ3n) is 7.73. The van der Waals surface area contributed by atoms with Crippen molar-refractivity contribution < 1.29 is 31.2 Å². The van der Waals surface area contributed by atoms with Crippen LogP contribution in [0.3, 0.4) is 0 Å². The third kappa shape index (κ3) is 9.38. The molecule has 0 aliphatic rings. The molecule has 0 heterocycles. The summed E-state index contributed by atoms with van der Waals surface area (Å²) in [5, 5.41) is 2.27. The van der Waals surface area contributed by atoms with Crippen LogP contribution in [0.2, 0.25) is 5.02 Å². The highest BCUT2D eigenvalue weighted by atomic mass is 35.5. The molecule has 0 saturated carbocycles. The predicted molar refractivity (Wildman–Crippen MR) is 181 cm³/mol. The molecule has 0 unspecified atom stereocenters. The van der Waals surface area contributed by atoms with E-state index in [-0.39, 0.29) is 17.9 Å². The summed E-state index contributed by atoms with van der Waals surface area (Å²) in [6.07, 6.45) is -3.26. The van der Waals surface area contributed by atoms with Crippen LogP contribution in [0.5, 0.6) is 0 Å². The summed E-state index contributed by atoms with van der Waals surface area (Å²) in [6.45, 7) is 3.14. The Morgan fingerprint density at radius 2 is 1.48 bits per heavy atom. The second kappa shape index (κ2) is 16.2. The summed E-state index contributed by atoms with van der Waals surface area (Å²) in [5.41, 5.74) is 0.526. The number of sulfonamides is 1. The zero-order chi connectivity index (χ0) is 34.9. The second-order valence-electron chi connectivity index (χ2n) is 11.3. The Kier molecular flexibility index (Phi) is 12.3. The van der Waals surface area contributed by atoms with Gasteiger partial charge in [-0.2, -0.15) is 13.2 Å². The first-order valence-corrected chi connectivity index (χ1v) is 17.2. The lowest BCUT2D eigenvalue weighted by molar-refractivity contribution is -0.140. The average molecular weight is 700 g/mol. The molecule has 12 heteroatoms. The molecule has 2 amide bonds. The number of aryl methyl sites for hydroxylation is 1. The molecule has 0 radical (unpaired) electrons. The fourth-order valence-corrected chi connectivity index (χ4v) is 6.72. The SMILES string of the molecule is CCCCNC(=O)[C@H](Cc1ccccc1)N(Cc1ccccc1)C(=O)CN(c1ccc(Cl)c(C(F)(F)F)c1)S(=O)(=O)c1ccc(C)cc1. The van der Waals surface area contributed by atoms with E-state index in [1.807, 2.05) is 25.1 Å². The highest BCUT2D eigenvalue weighted by Crippen LogP contribution is 2.38. The topological polar surface area (TPSA) is 86.8 Å². The van der Waals surface area contributed by atoms with Gasteiger partial charge in [0.25, 0.3) is 10.0 Å². The molecule has 7 nitrogen and oxygen atoms in total. The zero-order valence-electron chi connectivity index (χ0n) is 26.6. The van der Waals surface area contributed by atoms with Gasteiger partial charge in [0.2, 0.25) is 11.8 Å². The van der Waals surface area contributed by atoms with Gasteiger partial charge in [0.15, 0.2) is 0 Å². The fraction of sp³-hybridized carbons (Fsp3) is 0.278.